The molecule has 1 N–H and O–H groups in total. The Kier molecular flexibility index (Phi) is 7.73. The smallest absolute Gasteiger partial charge is 0.256 e. The molecule has 0 aliphatic rings. The van der Waals surface area contributed by atoms with Crippen molar-refractivity contribution in [2.45, 2.75) is 52.6 Å². The van der Waals surface area contributed by atoms with Crippen LogP contribution in [0.4, 0.5) is 5.69 Å². The lowest BCUT2D eigenvalue weighted by molar-refractivity contribution is -0.137. The molecule has 0 aliphatic heterocycles. The van der Waals surface area contributed by atoms with Crippen LogP contribution in [-0.4, -0.2) is 25.2 Å². The van der Waals surface area contributed by atoms with Crippen molar-refractivity contribution in [3.05, 3.63) is 23.8 Å². The second-order valence-electron chi connectivity index (χ2n) is 6.51. The minimum atomic E-state index is -0.905. The van der Waals surface area contributed by atoms with Gasteiger partial charge in [0.25, 0.3) is 5.91 Å². The molecule has 0 heterocycles. The summed E-state index contributed by atoms with van der Waals surface area (Å²) in [6.45, 7) is 8.52. The molecule has 1 unspecified atom stereocenters. The van der Waals surface area contributed by atoms with Gasteiger partial charge in [0, 0.05) is 12.8 Å². The Morgan fingerprint density at radius 1 is 1.42 bits per heavy atom. The van der Waals surface area contributed by atoms with Gasteiger partial charge in [0.15, 0.2) is 0 Å². The van der Waals surface area contributed by atoms with Crippen molar-refractivity contribution < 1.29 is 14.3 Å². The molecule has 1 aromatic rings. The fourth-order valence-electron chi connectivity index (χ4n) is 2.46. The van der Waals surface area contributed by atoms with Gasteiger partial charge in [0.1, 0.15) is 17.4 Å². The van der Waals surface area contributed by atoms with Crippen molar-refractivity contribution in [1.82, 2.24) is 0 Å². The summed E-state index contributed by atoms with van der Waals surface area (Å²) >= 11 is 0. The summed E-state index contributed by atoms with van der Waals surface area (Å²) in [4.78, 5) is 12.5. The second kappa shape index (κ2) is 9.29. The molecule has 5 heteroatoms. The highest BCUT2D eigenvalue weighted by Gasteiger charge is 2.34. The van der Waals surface area contributed by atoms with Crippen LogP contribution in [0, 0.1) is 17.2 Å². The Bertz CT molecular complexity index is 593. The minimum absolute atomic E-state index is 0.220. The molecule has 1 amide bonds. The summed E-state index contributed by atoms with van der Waals surface area (Å²) in [5, 5.41) is 12.1. The maximum Gasteiger partial charge on any atom is 0.256 e. The van der Waals surface area contributed by atoms with E-state index in [0.717, 1.165) is 12.8 Å². The van der Waals surface area contributed by atoms with Crippen molar-refractivity contribution in [2.75, 3.05) is 19.0 Å². The van der Waals surface area contributed by atoms with Gasteiger partial charge in [-0.05, 0) is 43.9 Å². The molecule has 0 saturated carbocycles. The van der Waals surface area contributed by atoms with Crippen LogP contribution in [0.15, 0.2) is 18.2 Å². The molecule has 0 fully saturated rings. The van der Waals surface area contributed by atoms with E-state index in [2.05, 4.69) is 18.3 Å². The van der Waals surface area contributed by atoms with Crippen LogP contribution in [0.1, 0.15) is 52.5 Å². The molecule has 5 nitrogen and oxygen atoms in total. The summed E-state index contributed by atoms with van der Waals surface area (Å²) in [6.07, 6.45) is 2.57. The number of ether oxygens (including phenoxy) is 2. The first-order valence-corrected chi connectivity index (χ1v) is 8.39. The number of nitrogens with zero attached hydrogens (tertiary/aromatic N) is 1. The monoisotopic (exact) mass is 332 g/mol. The Labute approximate surface area is 145 Å². The molecule has 24 heavy (non-hydrogen) atoms. The number of unbranched alkanes of at least 4 members (excludes halogenated alkanes) is 1. The van der Waals surface area contributed by atoms with Crippen molar-refractivity contribution >= 4 is 11.6 Å². The van der Waals surface area contributed by atoms with E-state index in [9.17, 15) is 10.1 Å². The average molecular weight is 332 g/mol. The van der Waals surface area contributed by atoms with Gasteiger partial charge in [-0.15, -0.1) is 0 Å². The third kappa shape index (κ3) is 5.54. The number of hydrogen-bond acceptors (Lipinski definition) is 4. The number of hydrogen-bond donors (Lipinski definition) is 1. The number of carbonyl (C=O) groups is 1. The number of rotatable bonds is 9. The summed E-state index contributed by atoms with van der Waals surface area (Å²) in [5.41, 5.74) is 0.0652. The number of amides is 1. The SMILES string of the molecule is CCCCOc1ccc(NC(=O)C(C)(CC(C)C)OC)cc1C#N. The number of nitrogens with one attached hydrogen (secondary N) is 1. The van der Waals surface area contributed by atoms with Crippen molar-refractivity contribution in [2.24, 2.45) is 5.92 Å². The van der Waals surface area contributed by atoms with Crippen molar-refractivity contribution in [3.63, 3.8) is 0 Å². The molecule has 1 aromatic carbocycles. The van der Waals surface area contributed by atoms with Gasteiger partial charge in [-0.25, -0.2) is 0 Å². The fraction of sp³-hybridized carbons (Fsp3) is 0.579. The predicted molar refractivity (Wildman–Crippen MR) is 95.1 cm³/mol. The van der Waals surface area contributed by atoms with E-state index in [-0.39, 0.29) is 5.91 Å². The van der Waals surface area contributed by atoms with E-state index in [0.29, 0.717) is 35.9 Å². The molecule has 0 spiro atoms. The lowest BCUT2D eigenvalue weighted by atomic mass is 9.93. The first-order chi connectivity index (χ1) is 11.4. The molecule has 0 bridgehead atoms. The third-order valence-electron chi connectivity index (χ3n) is 3.84. The van der Waals surface area contributed by atoms with Crippen LogP contribution >= 0.6 is 0 Å². The molecule has 0 radical (unpaired) electrons. The van der Waals surface area contributed by atoms with Crippen LogP contribution in [0.25, 0.3) is 0 Å². The zero-order valence-corrected chi connectivity index (χ0v) is 15.3. The van der Waals surface area contributed by atoms with Crippen LogP contribution in [0.2, 0.25) is 0 Å². The standard InChI is InChI=1S/C19H28N2O3/c1-6-7-10-24-17-9-8-16(11-15(17)13-20)21-18(22)19(4,23-5)12-14(2)3/h8-9,11,14H,6-7,10,12H2,1-5H3,(H,21,22). The Morgan fingerprint density at radius 2 is 2.12 bits per heavy atom. The van der Waals surface area contributed by atoms with Crippen LogP contribution < -0.4 is 10.1 Å². The van der Waals surface area contributed by atoms with Gasteiger partial charge in [-0.1, -0.05) is 27.2 Å². The minimum Gasteiger partial charge on any atom is -0.492 e. The van der Waals surface area contributed by atoms with E-state index in [4.69, 9.17) is 9.47 Å². The second-order valence-corrected chi connectivity index (χ2v) is 6.51. The first kappa shape index (κ1) is 20.0. The Balaban J connectivity index is 2.88. The Morgan fingerprint density at radius 3 is 2.67 bits per heavy atom. The van der Waals surface area contributed by atoms with E-state index >= 15 is 0 Å². The maximum absolute atomic E-state index is 12.5. The number of methoxy groups -OCH3 is 1. The zero-order valence-electron chi connectivity index (χ0n) is 15.3. The molecule has 0 aliphatic carbocycles. The summed E-state index contributed by atoms with van der Waals surface area (Å²) in [5.74, 6) is 0.646. The van der Waals surface area contributed by atoms with Gasteiger partial charge in [-0.3, -0.25) is 4.79 Å². The van der Waals surface area contributed by atoms with Gasteiger partial charge in [-0.2, -0.15) is 5.26 Å². The molecular formula is C19H28N2O3. The third-order valence-corrected chi connectivity index (χ3v) is 3.84. The lowest BCUT2D eigenvalue weighted by Gasteiger charge is -2.28. The van der Waals surface area contributed by atoms with Crippen molar-refractivity contribution in [1.29, 1.82) is 5.26 Å². The average Bonchev–Trinajstić information content (AvgIpc) is 2.55. The largest absolute Gasteiger partial charge is 0.492 e. The van der Waals surface area contributed by atoms with Gasteiger partial charge in [0.2, 0.25) is 0 Å². The maximum atomic E-state index is 12.5. The molecule has 1 atom stereocenters. The Hall–Kier alpha value is -2.06. The normalized spacial score (nSPS) is 13.2. The summed E-state index contributed by atoms with van der Waals surface area (Å²) in [7, 11) is 1.54. The van der Waals surface area contributed by atoms with E-state index in [1.807, 2.05) is 13.8 Å². The number of benzene rings is 1. The molecular weight excluding hydrogens is 304 g/mol. The molecule has 132 valence electrons. The topological polar surface area (TPSA) is 71.3 Å². The number of carbonyl (C=O) groups excluding carboxylic acids is 1. The number of nitriles is 1. The van der Waals surface area contributed by atoms with Crippen LogP contribution in [0.3, 0.4) is 0 Å². The van der Waals surface area contributed by atoms with E-state index in [1.54, 1.807) is 25.1 Å². The highest BCUT2D eigenvalue weighted by Crippen LogP contribution is 2.26. The first-order valence-electron chi connectivity index (χ1n) is 8.39. The summed E-state index contributed by atoms with van der Waals surface area (Å²) < 4.78 is 11.0. The quantitative estimate of drug-likeness (QED) is 0.690. The fourth-order valence-corrected chi connectivity index (χ4v) is 2.46. The van der Waals surface area contributed by atoms with Crippen LogP contribution in [-0.2, 0) is 9.53 Å². The molecule has 1 rings (SSSR count). The van der Waals surface area contributed by atoms with E-state index < -0.39 is 5.60 Å². The van der Waals surface area contributed by atoms with Gasteiger partial charge < -0.3 is 14.8 Å². The lowest BCUT2D eigenvalue weighted by Crippen LogP contribution is -2.43. The molecule has 0 aromatic heterocycles. The van der Waals surface area contributed by atoms with Gasteiger partial charge >= 0.3 is 0 Å². The van der Waals surface area contributed by atoms with Crippen LogP contribution in [0.5, 0.6) is 5.75 Å². The zero-order chi connectivity index (χ0) is 18.2. The van der Waals surface area contributed by atoms with Gasteiger partial charge in [0.05, 0.1) is 12.2 Å². The molecule has 0 saturated heterocycles. The number of anilines is 1. The highest BCUT2D eigenvalue weighted by atomic mass is 16.5. The highest BCUT2D eigenvalue weighted by molar-refractivity contribution is 5.97. The predicted octanol–water partition coefficient (Wildman–Crippen LogP) is 4.13. The van der Waals surface area contributed by atoms with Crippen molar-refractivity contribution in [3.8, 4) is 11.8 Å². The summed E-state index contributed by atoms with van der Waals surface area (Å²) in [6, 6.07) is 7.20. The van der Waals surface area contributed by atoms with E-state index in [1.165, 1.54) is 7.11 Å².